The Morgan fingerprint density at radius 1 is 1.15 bits per heavy atom. The molecule has 1 aliphatic rings. The Morgan fingerprint density at radius 2 is 2.00 bits per heavy atom. The maximum Gasteiger partial charge on any atom is 0.419 e. The quantitative estimate of drug-likeness (QED) is 0.413. The second-order valence-corrected chi connectivity index (χ2v) is 8.29. The van der Waals surface area contributed by atoms with Gasteiger partial charge in [-0.3, -0.25) is 0 Å². The normalized spacial score (nSPS) is 19.2. The summed E-state index contributed by atoms with van der Waals surface area (Å²) in [7, 11) is 0. The molecule has 1 saturated heterocycles. The lowest BCUT2D eigenvalue weighted by Crippen LogP contribution is -2.43. The predicted octanol–water partition coefficient (Wildman–Crippen LogP) is 4.55. The molecule has 0 saturated carbocycles. The predicted molar refractivity (Wildman–Crippen MR) is 116 cm³/mol. The van der Waals surface area contributed by atoms with Gasteiger partial charge in [0.1, 0.15) is 17.5 Å². The number of aromatic nitrogens is 5. The fourth-order valence-electron chi connectivity index (χ4n) is 4.06. The van der Waals surface area contributed by atoms with Gasteiger partial charge in [-0.1, -0.05) is 5.16 Å². The van der Waals surface area contributed by atoms with Crippen molar-refractivity contribution < 1.29 is 17.7 Å². The molecular formula is C22H22F3N7O. The van der Waals surface area contributed by atoms with Crippen molar-refractivity contribution in [1.82, 2.24) is 30.4 Å². The van der Waals surface area contributed by atoms with E-state index in [0.29, 0.717) is 46.1 Å². The number of anilines is 1. The third-order valence-electron chi connectivity index (χ3n) is 5.91. The molecule has 1 fully saturated rings. The van der Waals surface area contributed by atoms with Gasteiger partial charge in [-0.05, 0) is 38.8 Å². The van der Waals surface area contributed by atoms with Crippen molar-refractivity contribution in [2.24, 2.45) is 0 Å². The number of halogens is 3. The molecule has 11 heteroatoms. The highest BCUT2D eigenvalue weighted by Gasteiger charge is 2.36. The van der Waals surface area contributed by atoms with E-state index in [4.69, 9.17) is 4.52 Å². The Balaban J connectivity index is 1.54. The summed E-state index contributed by atoms with van der Waals surface area (Å²) >= 11 is 0. The number of rotatable bonds is 4. The average molecular weight is 457 g/mol. The monoisotopic (exact) mass is 457 g/mol. The van der Waals surface area contributed by atoms with E-state index < -0.39 is 11.7 Å². The van der Waals surface area contributed by atoms with E-state index in [9.17, 15) is 13.2 Å². The lowest BCUT2D eigenvalue weighted by Gasteiger charge is -2.28. The Hall–Kier alpha value is -3.47. The SMILES string of the molecule is Cc1nocc1-c1ccc2c(-c3nc(N[C@@H]4CC[C@@H](C)NC4)ncc3C(F)(F)F)c[nH]c2n1. The lowest BCUT2D eigenvalue weighted by atomic mass is 10.0. The van der Waals surface area contributed by atoms with Crippen LogP contribution >= 0.6 is 0 Å². The van der Waals surface area contributed by atoms with E-state index in [1.165, 1.54) is 12.5 Å². The molecule has 0 aliphatic carbocycles. The molecule has 0 radical (unpaired) electrons. The van der Waals surface area contributed by atoms with Crippen molar-refractivity contribution in [3.8, 4) is 22.5 Å². The van der Waals surface area contributed by atoms with Gasteiger partial charge in [0.2, 0.25) is 5.95 Å². The fraction of sp³-hybridized carbons (Fsp3) is 0.364. The number of hydrogen-bond donors (Lipinski definition) is 3. The minimum Gasteiger partial charge on any atom is -0.364 e. The maximum atomic E-state index is 13.8. The Bertz CT molecular complexity index is 1290. The number of nitrogens with zero attached hydrogens (tertiary/aromatic N) is 4. The van der Waals surface area contributed by atoms with Gasteiger partial charge in [0.05, 0.1) is 22.6 Å². The number of piperidine rings is 1. The highest BCUT2D eigenvalue weighted by atomic mass is 19.4. The van der Waals surface area contributed by atoms with Crippen LogP contribution in [0.25, 0.3) is 33.5 Å². The van der Waals surface area contributed by atoms with E-state index in [1.807, 2.05) is 0 Å². The van der Waals surface area contributed by atoms with Gasteiger partial charge in [-0.2, -0.15) is 13.2 Å². The van der Waals surface area contributed by atoms with Crippen LogP contribution < -0.4 is 10.6 Å². The van der Waals surface area contributed by atoms with Gasteiger partial charge < -0.3 is 20.1 Å². The molecule has 2 atom stereocenters. The van der Waals surface area contributed by atoms with Crippen LogP contribution in [-0.2, 0) is 6.18 Å². The number of H-pyrrole nitrogens is 1. The molecule has 4 aromatic rings. The number of aromatic amines is 1. The summed E-state index contributed by atoms with van der Waals surface area (Å²) in [5, 5.41) is 10.9. The number of aryl methyl sites for hydroxylation is 1. The highest BCUT2D eigenvalue weighted by Crippen LogP contribution is 2.39. The zero-order chi connectivity index (χ0) is 23.2. The Kier molecular flexibility index (Phi) is 5.28. The number of hydrogen-bond acceptors (Lipinski definition) is 7. The van der Waals surface area contributed by atoms with Crippen LogP contribution in [0.4, 0.5) is 19.1 Å². The summed E-state index contributed by atoms with van der Waals surface area (Å²) < 4.78 is 46.4. The van der Waals surface area contributed by atoms with Crippen molar-refractivity contribution in [3.05, 3.63) is 42.0 Å². The van der Waals surface area contributed by atoms with Crippen LogP contribution in [0.5, 0.6) is 0 Å². The maximum absolute atomic E-state index is 13.8. The van der Waals surface area contributed by atoms with Gasteiger partial charge in [0.25, 0.3) is 0 Å². The average Bonchev–Trinajstić information content (AvgIpc) is 3.40. The first-order valence-electron chi connectivity index (χ1n) is 10.6. The minimum atomic E-state index is -4.60. The molecule has 33 heavy (non-hydrogen) atoms. The molecule has 0 bridgehead atoms. The summed E-state index contributed by atoms with van der Waals surface area (Å²) in [5.41, 5.74) is 1.64. The first-order valence-corrected chi connectivity index (χ1v) is 10.6. The number of pyridine rings is 1. The Labute approximate surface area is 187 Å². The van der Waals surface area contributed by atoms with Crippen molar-refractivity contribution >= 4 is 17.0 Å². The largest absolute Gasteiger partial charge is 0.419 e. The molecule has 8 nitrogen and oxygen atoms in total. The first kappa shape index (κ1) is 21.4. The fourth-order valence-corrected chi connectivity index (χ4v) is 4.06. The van der Waals surface area contributed by atoms with E-state index in [1.54, 1.807) is 19.1 Å². The van der Waals surface area contributed by atoms with Gasteiger partial charge in [-0.25, -0.2) is 15.0 Å². The van der Waals surface area contributed by atoms with Crippen molar-refractivity contribution in [2.75, 3.05) is 11.9 Å². The van der Waals surface area contributed by atoms with Crippen LogP contribution in [0.3, 0.4) is 0 Å². The summed E-state index contributed by atoms with van der Waals surface area (Å²) in [5.74, 6) is 0.165. The van der Waals surface area contributed by atoms with Gasteiger partial charge in [-0.15, -0.1) is 0 Å². The van der Waals surface area contributed by atoms with Crippen LogP contribution in [0.1, 0.15) is 31.0 Å². The second kappa shape index (κ2) is 8.14. The van der Waals surface area contributed by atoms with Gasteiger partial charge >= 0.3 is 6.18 Å². The van der Waals surface area contributed by atoms with E-state index in [2.05, 4.69) is 42.6 Å². The van der Waals surface area contributed by atoms with Crippen molar-refractivity contribution in [1.29, 1.82) is 0 Å². The molecule has 0 unspecified atom stereocenters. The van der Waals surface area contributed by atoms with Gasteiger partial charge in [0, 0.05) is 42.0 Å². The van der Waals surface area contributed by atoms with Crippen LogP contribution in [0.15, 0.2) is 35.3 Å². The zero-order valence-corrected chi connectivity index (χ0v) is 18.0. The van der Waals surface area contributed by atoms with Crippen LogP contribution in [0.2, 0.25) is 0 Å². The molecule has 3 N–H and O–H groups in total. The second-order valence-electron chi connectivity index (χ2n) is 8.29. The van der Waals surface area contributed by atoms with Crippen molar-refractivity contribution in [2.45, 2.75) is 44.9 Å². The number of nitrogens with one attached hydrogen (secondary N) is 3. The van der Waals surface area contributed by atoms with E-state index in [-0.39, 0.29) is 17.7 Å². The molecule has 4 aromatic heterocycles. The highest BCUT2D eigenvalue weighted by molar-refractivity contribution is 5.94. The molecule has 5 heterocycles. The Morgan fingerprint density at radius 3 is 2.70 bits per heavy atom. The molecule has 5 rings (SSSR count). The van der Waals surface area contributed by atoms with Crippen molar-refractivity contribution in [3.63, 3.8) is 0 Å². The first-order chi connectivity index (χ1) is 15.8. The number of alkyl halides is 3. The standard InChI is InChI=1S/C22H22F3N7O/c1-11-3-4-13(7-26-11)29-21-28-9-17(22(23,24)25)19(31-21)15-8-27-20-14(15)5-6-18(30-20)16-10-33-32-12(16)2/h5-6,8-11,13,26H,3-4,7H2,1-2H3,(H,27,30)(H,28,29,31)/t11-,13-/m1/s1. The molecule has 0 amide bonds. The molecule has 0 aromatic carbocycles. The zero-order valence-electron chi connectivity index (χ0n) is 18.0. The minimum absolute atomic E-state index is 0.0461. The van der Waals surface area contributed by atoms with E-state index in [0.717, 1.165) is 19.0 Å². The summed E-state index contributed by atoms with van der Waals surface area (Å²) in [6.45, 7) is 4.59. The third-order valence-corrected chi connectivity index (χ3v) is 5.91. The molecule has 0 spiro atoms. The smallest absolute Gasteiger partial charge is 0.364 e. The number of fused-ring (bicyclic) bond motifs is 1. The lowest BCUT2D eigenvalue weighted by molar-refractivity contribution is -0.137. The van der Waals surface area contributed by atoms with Crippen LogP contribution in [-0.4, -0.2) is 43.7 Å². The van der Waals surface area contributed by atoms with Gasteiger partial charge in [0.15, 0.2) is 0 Å². The summed E-state index contributed by atoms with van der Waals surface area (Å²) in [6.07, 6.45) is 1.06. The molecule has 1 aliphatic heterocycles. The third kappa shape index (κ3) is 4.15. The summed E-state index contributed by atoms with van der Waals surface area (Å²) in [6, 6.07) is 3.90. The molecule has 172 valence electrons. The van der Waals surface area contributed by atoms with E-state index >= 15 is 0 Å². The molecular weight excluding hydrogens is 435 g/mol. The summed E-state index contributed by atoms with van der Waals surface area (Å²) in [4.78, 5) is 15.7. The topological polar surface area (TPSA) is 105 Å². The van der Waals surface area contributed by atoms with Crippen LogP contribution in [0, 0.1) is 6.92 Å².